The molecule has 5 heteroatoms. The quantitative estimate of drug-likeness (QED) is 0.623. The van der Waals surface area contributed by atoms with Crippen LogP contribution < -0.4 is 15.4 Å². The Bertz CT molecular complexity index is 783. The smallest absolute Gasteiger partial charge is 0.250 e. The van der Waals surface area contributed by atoms with Crippen molar-refractivity contribution in [3.05, 3.63) is 65.2 Å². The zero-order chi connectivity index (χ0) is 18.2. The maximum absolute atomic E-state index is 12.0. The predicted molar refractivity (Wildman–Crippen MR) is 107 cm³/mol. The molecule has 25 heavy (non-hydrogen) atoms. The third kappa shape index (κ3) is 6.04. The highest BCUT2D eigenvalue weighted by atomic mass is 32.1. The largest absolute Gasteiger partial charge is 0.494 e. The second-order valence-electron chi connectivity index (χ2n) is 5.60. The molecule has 0 bridgehead atoms. The van der Waals surface area contributed by atoms with E-state index in [2.05, 4.69) is 16.7 Å². The van der Waals surface area contributed by atoms with Crippen LogP contribution in [0.15, 0.2) is 48.5 Å². The van der Waals surface area contributed by atoms with Gasteiger partial charge in [-0.15, -0.1) is 0 Å². The fourth-order valence-electron chi connectivity index (χ4n) is 2.27. The molecule has 0 spiro atoms. The van der Waals surface area contributed by atoms with Crippen molar-refractivity contribution in [1.82, 2.24) is 5.32 Å². The topological polar surface area (TPSA) is 50.4 Å². The van der Waals surface area contributed by atoms with Crippen LogP contribution in [-0.2, 0) is 4.79 Å². The summed E-state index contributed by atoms with van der Waals surface area (Å²) >= 11 is 5.19. The van der Waals surface area contributed by atoms with Gasteiger partial charge in [0.15, 0.2) is 5.11 Å². The Morgan fingerprint density at radius 2 is 1.88 bits per heavy atom. The summed E-state index contributed by atoms with van der Waals surface area (Å²) in [5.41, 5.74) is 4.04. The molecule has 4 nitrogen and oxygen atoms in total. The molecule has 0 aliphatic heterocycles. The lowest BCUT2D eigenvalue weighted by molar-refractivity contribution is -0.115. The molecule has 2 aromatic carbocycles. The third-order valence-corrected chi connectivity index (χ3v) is 3.69. The number of nitrogens with one attached hydrogen (secondary N) is 2. The van der Waals surface area contributed by atoms with E-state index in [9.17, 15) is 4.79 Å². The minimum absolute atomic E-state index is 0.272. The van der Waals surface area contributed by atoms with E-state index in [0.717, 1.165) is 22.6 Å². The first kappa shape index (κ1) is 18.7. The first-order chi connectivity index (χ1) is 12.0. The van der Waals surface area contributed by atoms with Gasteiger partial charge in [-0.25, -0.2) is 0 Å². The molecule has 2 aromatic rings. The van der Waals surface area contributed by atoms with Gasteiger partial charge in [-0.1, -0.05) is 29.8 Å². The van der Waals surface area contributed by atoms with E-state index in [-0.39, 0.29) is 11.0 Å². The first-order valence-electron chi connectivity index (χ1n) is 8.08. The fourth-order valence-corrected chi connectivity index (χ4v) is 2.49. The van der Waals surface area contributed by atoms with Crippen molar-refractivity contribution < 1.29 is 9.53 Å². The molecule has 0 radical (unpaired) electrons. The van der Waals surface area contributed by atoms with Crippen LogP contribution in [0, 0.1) is 13.8 Å². The van der Waals surface area contributed by atoms with Crippen LogP contribution in [0.1, 0.15) is 23.6 Å². The predicted octanol–water partition coefficient (Wildman–Crippen LogP) is 4.23. The Hall–Kier alpha value is -2.66. The molecule has 0 saturated heterocycles. The summed E-state index contributed by atoms with van der Waals surface area (Å²) in [4.78, 5) is 12.0. The summed E-state index contributed by atoms with van der Waals surface area (Å²) in [5, 5.41) is 5.95. The van der Waals surface area contributed by atoms with Crippen molar-refractivity contribution in [1.29, 1.82) is 0 Å². The first-order valence-corrected chi connectivity index (χ1v) is 8.49. The minimum Gasteiger partial charge on any atom is -0.494 e. The zero-order valence-electron chi connectivity index (χ0n) is 14.6. The van der Waals surface area contributed by atoms with Gasteiger partial charge in [-0.3, -0.25) is 10.1 Å². The molecule has 0 unspecified atom stereocenters. The van der Waals surface area contributed by atoms with Gasteiger partial charge in [0.1, 0.15) is 5.75 Å². The highest BCUT2D eigenvalue weighted by Crippen LogP contribution is 2.16. The molecule has 2 N–H and O–H groups in total. The summed E-state index contributed by atoms with van der Waals surface area (Å²) < 4.78 is 5.38. The second kappa shape index (κ2) is 8.99. The highest BCUT2D eigenvalue weighted by molar-refractivity contribution is 7.80. The number of benzene rings is 2. The van der Waals surface area contributed by atoms with Crippen LogP contribution >= 0.6 is 12.2 Å². The second-order valence-corrected chi connectivity index (χ2v) is 6.01. The van der Waals surface area contributed by atoms with Crippen molar-refractivity contribution in [2.45, 2.75) is 20.8 Å². The summed E-state index contributed by atoms with van der Waals surface area (Å²) in [6.07, 6.45) is 3.18. The number of aryl methyl sites for hydroxylation is 2. The Morgan fingerprint density at radius 3 is 2.52 bits per heavy atom. The molecular formula is C20H22N2O2S. The Morgan fingerprint density at radius 1 is 1.16 bits per heavy atom. The lowest BCUT2D eigenvalue weighted by atomic mass is 10.1. The van der Waals surface area contributed by atoms with E-state index in [1.807, 2.05) is 57.2 Å². The number of hydrogen-bond donors (Lipinski definition) is 2. The average molecular weight is 354 g/mol. The van der Waals surface area contributed by atoms with Gasteiger partial charge in [0.05, 0.1) is 6.61 Å². The van der Waals surface area contributed by atoms with Crippen LogP contribution in [-0.4, -0.2) is 17.6 Å². The Balaban J connectivity index is 1.89. The van der Waals surface area contributed by atoms with Crippen molar-refractivity contribution in [2.75, 3.05) is 11.9 Å². The van der Waals surface area contributed by atoms with Crippen molar-refractivity contribution >= 4 is 35.0 Å². The number of amides is 1. The van der Waals surface area contributed by atoms with E-state index >= 15 is 0 Å². The monoisotopic (exact) mass is 354 g/mol. The van der Waals surface area contributed by atoms with Gasteiger partial charge in [0.2, 0.25) is 5.91 Å². The summed E-state index contributed by atoms with van der Waals surface area (Å²) in [6.45, 7) is 6.59. The summed E-state index contributed by atoms with van der Waals surface area (Å²) in [5.74, 6) is 0.527. The lowest BCUT2D eigenvalue weighted by Crippen LogP contribution is -2.33. The third-order valence-electron chi connectivity index (χ3n) is 3.49. The Labute approximate surface area is 153 Å². The van der Waals surface area contributed by atoms with Crippen LogP contribution in [0.25, 0.3) is 6.08 Å². The molecule has 130 valence electrons. The minimum atomic E-state index is -0.281. The van der Waals surface area contributed by atoms with E-state index in [1.165, 1.54) is 11.6 Å². The van der Waals surface area contributed by atoms with Gasteiger partial charge in [0.25, 0.3) is 0 Å². The van der Waals surface area contributed by atoms with Crippen LogP contribution in [0.4, 0.5) is 5.69 Å². The van der Waals surface area contributed by atoms with Crippen LogP contribution in [0.3, 0.4) is 0 Å². The van der Waals surface area contributed by atoms with E-state index in [4.69, 9.17) is 17.0 Å². The van der Waals surface area contributed by atoms with Crippen molar-refractivity contribution in [2.24, 2.45) is 0 Å². The molecule has 0 saturated carbocycles. The number of hydrogen-bond acceptors (Lipinski definition) is 3. The summed E-state index contributed by atoms with van der Waals surface area (Å²) in [6, 6.07) is 13.5. The lowest BCUT2D eigenvalue weighted by Gasteiger charge is -2.11. The van der Waals surface area contributed by atoms with Crippen LogP contribution in [0.5, 0.6) is 5.75 Å². The molecule has 0 aliphatic carbocycles. The number of anilines is 1. The number of thiocarbonyl (C=S) groups is 1. The molecule has 0 aliphatic rings. The van der Waals surface area contributed by atoms with Gasteiger partial charge in [0, 0.05) is 11.8 Å². The van der Waals surface area contributed by atoms with E-state index < -0.39 is 0 Å². The molecule has 0 heterocycles. The van der Waals surface area contributed by atoms with E-state index in [0.29, 0.717) is 6.61 Å². The normalized spacial score (nSPS) is 10.5. The maximum atomic E-state index is 12.0. The molecule has 2 rings (SSSR count). The maximum Gasteiger partial charge on any atom is 0.250 e. The van der Waals surface area contributed by atoms with Crippen molar-refractivity contribution in [3.8, 4) is 5.75 Å². The molecule has 0 atom stereocenters. The standard InChI is InChI=1S/C20H22N2O2S/c1-4-24-17-9-6-16(7-10-17)8-12-19(23)22-20(25)21-18-11-5-14(2)13-15(18)3/h5-13H,4H2,1-3H3,(H2,21,22,23,25)/b12-8+. The number of carbonyl (C=O) groups is 1. The van der Waals surface area contributed by atoms with Gasteiger partial charge in [-0.05, 0) is 68.4 Å². The molecular weight excluding hydrogens is 332 g/mol. The van der Waals surface area contributed by atoms with Crippen molar-refractivity contribution in [3.63, 3.8) is 0 Å². The van der Waals surface area contributed by atoms with Gasteiger partial charge < -0.3 is 10.1 Å². The molecule has 0 fully saturated rings. The number of ether oxygens (including phenoxy) is 1. The van der Waals surface area contributed by atoms with Gasteiger partial charge in [-0.2, -0.15) is 0 Å². The fraction of sp³-hybridized carbons (Fsp3) is 0.200. The highest BCUT2D eigenvalue weighted by Gasteiger charge is 2.04. The van der Waals surface area contributed by atoms with Gasteiger partial charge >= 0.3 is 0 Å². The van der Waals surface area contributed by atoms with Crippen LogP contribution in [0.2, 0.25) is 0 Å². The average Bonchev–Trinajstić information content (AvgIpc) is 2.57. The molecule has 0 aromatic heterocycles. The Kier molecular flexibility index (Phi) is 6.71. The number of rotatable bonds is 5. The summed E-state index contributed by atoms with van der Waals surface area (Å²) in [7, 11) is 0. The molecule has 1 amide bonds. The van der Waals surface area contributed by atoms with E-state index in [1.54, 1.807) is 6.08 Å². The number of carbonyl (C=O) groups excluding carboxylic acids is 1. The zero-order valence-corrected chi connectivity index (χ0v) is 15.4. The SMILES string of the molecule is CCOc1ccc(/C=C/C(=O)NC(=S)Nc2ccc(C)cc2C)cc1.